The van der Waals surface area contributed by atoms with Crippen LogP contribution < -0.4 is 19.1 Å². The number of carbonyl (C=O) groups excluding carboxylic acids is 1. The number of rotatable bonds is 8. The van der Waals surface area contributed by atoms with Crippen molar-refractivity contribution in [2.45, 2.75) is 43.0 Å². The molecule has 0 radical (unpaired) electrons. The number of nitrogens with one attached hydrogen (secondary N) is 1. The summed E-state index contributed by atoms with van der Waals surface area (Å²) in [4.78, 5) is 22.9. The van der Waals surface area contributed by atoms with E-state index in [1.54, 1.807) is 6.07 Å². The average Bonchev–Trinajstić information content (AvgIpc) is 2.82. The molecule has 1 atom stereocenters. The van der Waals surface area contributed by atoms with Crippen molar-refractivity contribution in [2.24, 2.45) is 0 Å². The summed E-state index contributed by atoms with van der Waals surface area (Å²) in [6, 6.07) is 9.68. The summed E-state index contributed by atoms with van der Waals surface area (Å²) < 4.78 is 83.2. The highest BCUT2D eigenvalue weighted by Gasteiger charge is 2.51. The number of amides is 1. The van der Waals surface area contributed by atoms with E-state index in [4.69, 9.17) is 14.6 Å². The molecular formula is C24H25F3N2O8S. The minimum absolute atomic E-state index is 0.0216. The Balaban J connectivity index is 2.00. The third kappa shape index (κ3) is 6.30. The van der Waals surface area contributed by atoms with Crippen LogP contribution in [0.3, 0.4) is 0 Å². The highest BCUT2D eigenvalue weighted by Crippen LogP contribution is 2.41. The summed E-state index contributed by atoms with van der Waals surface area (Å²) in [5.41, 5.74) is -2.86. The van der Waals surface area contributed by atoms with Crippen LogP contribution in [0.15, 0.2) is 59.5 Å². The third-order valence-electron chi connectivity index (χ3n) is 5.41. The van der Waals surface area contributed by atoms with Gasteiger partial charge in [-0.2, -0.15) is 13.2 Å². The number of para-hydroxylation sites is 1. The number of carboxylic acids is 1. The second-order valence-electron chi connectivity index (χ2n) is 8.57. The molecule has 0 bridgehead atoms. The Morgan fingerprint density at radius 1 is 1.21 bits per heavy atom. The Morgan fingerprint density at radius 3 is 2.53 bits per heavy atom. The zero-order valence-electron chi connectivity index (χ0n) is 20.5. The first-order chi connectivity index (χ1) is 17.7. The molecule has 0 aromatic heterocycles. The van der Waals surface area contributed by atoms with Crippen LogP contribution in [0.5, 0.6) is 11.5 Å². The largest absolute Gasteiger partial charge is 0.495 e. The molecule has 0 fully saturated rings. The number of ether oxygens (including phenoxy) is 3. The van der Waals surface area contributed by atoms with E-state index in [2.05, 4.69) is 10.1 Å². The number of anilines is 2. The standard InChI is InChI=1S/C24H25F3N2O8S/c1-23(2,24(25,26)27)37-22(32)28-15-11-12-18-17(13-15)29(14-16(36-18)7-6-10-21(30)31)38(33,34)20-9-5-4-8-19(20)35-3/h4-9,11-13,16H,10,14H2,1-3H3,(H,28,32)(H,30,31)/b7-6+. The van der Waals surface area contributed by atoms with E-state index >= 15 is 0 Å². The minimum Gasteiger partial charge on any atom is -0.495 e. The molecule has 0 aliphatic carbocycles. The van der Waals surface area contributed by atoms with E-state index in [-0.39, 0.29) is 40.7 Å². The summed E-state index contributed by atoms with van der Waals surface area (Å²) in [6.07, 6.45) is -4.69. The SMILES string of the molecule is COc1ccccc1S(=O)(=O)N1CC(/C=C/CC(=O)O)Oc2ccc(NC(=O)OC(C)(C)C(F)(F)F)cc21. The lowest BCUT2D eigenvalue weighted by Gasteiger charge is -2.35. The van der Waals surface area contributed by atoms with E-state index in [9.17, 15) is 31.2 Å². The van der Waals surface area contributed by atoms with Gasteiger partial charge in [0.2, 0.25) is 5.60 Å². The molecule has 1 aliphatic heterocycles. The van der Waals surface area contributed by atoms with Gasteiger partial charge in [-0.15, -0.1) is 0 Å². The first kappa shape index (κ1) is 28.6. The molecule has 1 heterocycles. The molecule has 0 spiro atoms. The van der Waals surface area contributed by atoms with Crippen LogP contribution in [-0.2, 0) is 19.6 Å². The van der Waals surface area contributed by atoms with Gasteiger partial charge in [-0.1, -0.05) is 18.2 Å². The highest BCUT2D eigenvalue weighted by atomic mass is 32.2. The number of hydrogen-bond acceptors (Lipinski definition) is 7. The maximum absolute atomic E-state index is 13.7. The summed E-state index contributed by atoms with van der Waals surface area (Å²) in [5, 5.41) is 11.1. The number of alkyl halides is 3. The number of aliphatic carboxylic acids is 1. The lowest BCUT2D eigenvalue weighted by atomic mass is 10.1. The maximum atomic E-state index is 13.7. The summed E-state index contributed by atoms with van der Waals surface area (Å²) >= 11 is 0. The van der Waals surface area contributed by atoms with Crippen molar-refractivity contribution in [1.29, 1.82) is 0 Å². The van der Waals surface area contributed by atoms with Gasteiger partial charge in [0, 0.05) is 5.69 Å². The number of sulfonamides is 1. The van der Waals surface area contributed by atoms with Crippen molar-refractivity contribution in [2.75, 3.05) is 23.3 Å². The van der Waals surface area contributed by atoms with Gasteiger partial charge in [0.1, 0.15) is 22.5 Å². The van der Waals surface area contributed by atoms with Crippen molar-refractivity contribution in [3.8, 4) is 11.5 Å². The number of carboxylic acid groups (broad SMARTS) is 1. The van der Waals surface area contributed by atoms with Gasteiger partial charge in [-0.3, -0.25) is 14.4 Å². The van der Waals surface area contributed by atoms with Gasteiger partial charge in [0.15, 0.2) is 0 Å². The van der Waals surface area contributed by atoms with Crippen molar-refractivity contribution in [3.63, 3.8) is 0 Å². The zero-order valence-corrected chi connectivity index (χ0v) is 21.3. The average molecular weight is 559 g/mol. The molecule has 38 heavy (non-hydrogen) atoms. The molecule has 14 heteroatoms. The van der Waals surface area contributed by atoms with Gasteiger partial charge in [-0.25, -0.2) is 13.2 Å². The van der Waals surface area contributed by atoms with Gasteiger partial charge >= 0.3 is 18.2 Å². The number of benzene rings is 2. The second kappa shape index (κ2) is 10.8. The van der Waals surface area contributed by atoms with Crippen LogP contribution in [0.25, 0.3) is 0 Å². The number of methoxy groups -OCH3 is 1. The minimum atomic E-state index is -4.82. The van der Waals surface area contributed by atoms with Crippen LogP contribution in [0, 0.1) is 0 Å². The molecule has 0 saturated carbocycles. The number of hydrogen-bond donors (Lipinski definition) is 2. The Morgan fingerprint density at radius 2 is 1.89 bits per heavy atom. The van der Waals surface area contributed by atoms with Crippen LogP contribution in [0.2, 0.25) is 0 Å². The van der Waals surface area contributed by atoms with E-state index < -0.39 is 40.0 Å². The zero-order chi connectivity index (χ0) is 28.3. The van der Waals surface area contributed by atoms with Crippen molar-refractivity contribution in [1.82, 2.24) is 0 Å². The fourth-order valence-corrected chi connectivity index (χ4v) is 5.02. The number of halogens is 3. The van der Waals surface area contributed by atoms with E-state index in [0.717, 1.165) is 4.31 Å². The van der Waals surface area contributed by atoms with Crippen molar-refractivity contribution >= 4 is 33.5 Å². The van der Waals surface area contributed by atoms with Crippen LogP contribution in [0.1, 0.15) is 20.3 Å². The first-order valence-electron chi connectivity index (χ1n) is 11.1. The molecular weight excluding hydrogens is 533 g/mol. The van der Waals surface area contributed by atoms with Gasteiger partial charge in [-0.05, 0) is 50.3 Å². The molecule has 10 nitrogen and oxygen atoms in total. The fourth-order valence-electron chi connectivity index (χ4n) is 3.38. The molecule has 2 aromatic rings. The smallest absolute Gasteiger partial charge is 0.427 e. The maximum Gasteiger partial charge on any atom is 0.427 e. The highest BCUT2D eigenvalue weighted by molar-refractivity contribution is 7.93. The van der Waals surface area contributed by atoms with Crippen molar-refractivity contribution in [3.05, 3.63) is 54.6 Å². The third-order valence-corrected chi connectivity index (χ3v) is 7.23. The van der Waals surface area contributed by atoms with Crippen LogP contribution in [0.4, 0.5) is 29.3 Å². The fraction of sp³-hybridized carbons (Fsp3) is 0.333. The van der Waals surface area contributed by atoms with Crippen LogP contribution >= 0.6 is 0 Å². The Labute approximate surface area is 216 Å². The molecule has 2 aromatic carbocycles. The molecule has 206 valence electrons. The van der Waals surface area contributed by atoms with E-state index in [0.29, 0.717) is 13.8 Å². The van der Waals surface area contributed by atoms with E-state index in [1.807, 2.05) is 0 Å². The Kier molecular flexibility index (Phi) is 8.15. The van der Waals surface area contributed by atoms with Gasteiger partial charge in [0.25, 0.3) is 10.0 Å². The van der Waals surface area contributed by atoms with Gasteiger partial charge < -0.3 is 19.3 Å². The number of carbonyl (C=O) groups is 2. The number of nitrogens with zero attached hydrogens (tertiary/aromatic N) is 1. The molecule has 1 unspecified atom stereocenters. The second-order valence-corrected chi connectivity index (χ2v) is 10.4. The van der Waals surface area contributed by atoms with Gasteiger partial charge in [0.05, 0.1) is 25.8 Å². The number of fused-ring (bicyclic) bond motifs is 1. The summed E-state index contributed by atoms with van der Waals surface area (Å²) in [5.74, 6) is -0.966. The lowest BCUT2D eigenvalue weighted by molar-refractivity contribution is -0.242. The summed E-state index contributed by atoms with van der Waals surface area (Å²) in [7, 11) is -3.00. The quantitative estimate of drug-likeness (QED) is 0.451. The predicted molar refractivity (Wildman–Crippen MR) is 130 cm³/mol. The van der Waals surface area contributed by atoms with Crippen molar-refractivity contribution < 1.29 is 50.5 Å². The Bertz CT molecular complexity index is 1340. The molecule has 0 saturated heterocycles. The first-order valence-corrected chi connectivity index (χ1v) is 12.5. The molecule has 3 rings (SSSR count). The molecule has 1 aliphatic rings. The lowest BCUT2D eigenvalue weighted by Crippen LogP contribution is -2.44. The van der Waals surface area contributed by atoms with E-state index in [1.165, 1.54) is 55.7 Å². The molecule has 2 N–H and O–H groups in total. The summed E-state index contributed by atoms with van der Waals surface area (Å²) in [6.45, 7) is 1.10. The topological polar surface area (TPSA) is 131 Å². The predicted octanol–water partition coefficient (Wildman–Crippen LogP) is 4.57. The molecule has 1 amide bonds. The normalized spacial score (nSPS) is 15.9. The monoisotopic (exact) mass is 558 g/mol. The van der Waals surface area contributed by atoms with Crippen LogP contribution in [-0.4, -0.2) is 57.1 Å². The Hall–Kier alpha value is -3.94.